The van der Waals surface area contributed by atoms with Crippen LogP contribution in [0.5, 0.6) is 6.01 Å². The van der Waals surface area contributed by atoms with E-state index in [1.165, 1.54) is 13.3 Å². The first-order chi connectivity index (χ1) is 9.61. The summed E-state index contributed by atoms with van der Waals surface area (Å²) in [5.41, 5.74) is 0. The molecule has 1 aliphatic rings. The summed E-state index contributed by atoms with van der Waals surface area (Å²) in [6, 6.07) is 0.0319. The van der Waals surface area contributed by atoms with Crippen molar-refractivity contribution in [1.82, 2.24) is 9.97 Å². The molecule has 0 saturated heterocycles. The monoisotopic (exact) mass is 299 g/mol. The van der Waals surface area contributed by atoms with Gasteiger partial charge in [0.05, 0.1) is 19.2 Å². The van der Waals surface area contributed by atoms with Crippen LogP contribution in [-0.2, 0) is 4.79 Å². The van der Waals surface area contributed by atoms with Crippen LogP contribution in [0.15, 0.2) is 6.20 Å². The molecule has 1 aliphatic carbocycles. The fourth-order valence-electron chi connectivity index (χ4n) is 2.50. The minimum absolute atomic E-state index is 0.174. The molecule has 0 bridgehead atoms. The van der Waals surface area contributed by atoms with Crippen molar-refractivity contribution in [1.29, 1.82) is 0 Å². The number of aromatic nitrogens is 2. The van der Waals surface area contributed by atoms with Gasteiger partial charge in [0.1, 0.15) is 5.02 Å². The standard InChI is InChI=1S/C13H18ClN3O3/c1-20-13-15-7-9(14)11(17-13)16-10-6-4-2-3-5-8(10)12(18)19/h7-8,10H,2-6H2,1H3,(H,18,19)(H,15,16,17). The van der Waals surface area contributed by atoms with Gasteiger partial charge in [-0.2, -0.15) is 4.98 Å². The summed E-state index contributed by atoms with van der Waals surface area (Å²) in [6.45, 7) is 0. The topological polar surface area (TPSA) is 84.3 Å². The van der Waals surface area contributed by atoms with E-state index < -0.39 is 11.9 Å². The van der Waals surface area contributed by atoms with Crippen LogP contribution in [0.3, 0.4) is 0 Å². The molecule has 2 unspecified atom stereocenters. The Morgan fingerprint density at radius 2 is 2.20 bits per heavy atom. The molecular formula is C13H18ClN3O3. The molecule has 1 aromatic heterocycles. The zero-order valence-corrected chi connectivity index (χ0v) is 12.1. The number of halogens is 1. The number of hydrogen-bond acceptors (Lipinski definition) is 5. The Morgan fingerprint density at radius 3 is 2.90 bits per heavy atom. The van der Waals surface area contributed by atoms with E-state index in [0.29, 0.717) is 17.3 Å². The van der Waals surface area contributed by atoms with Gasteiger partial charge in [0, 0.05) is 6.04 Å². The first kappa shape index (κ1) is 14.8. The number of carboxylic acids is 1. The summed E-state index contributed by atoms with van der Waals surface area (Å²) in [4.78, 5) is 19.4. The summed E-state index contributed by atoms with van der Waals surface area (Å²) in [7, 11) is 1.47. The highest BCUT2D eigenvalue weighted by molar-refractivity contribution is 6.32. The van der Waals surface area contributed by atoms with Gasteiger partial charge in [0.25, 0.3) is 0 Å². The van der Waals surface area contributed by atoms with Crippen LogP contribution >= 0.6 is 11.6 Å². The van der Waals surface area contributed by atoms with Crippen molar-refractivity contribution >= 4 is 23.4 Å². The number of aliphatic carboxylic acids is 1. The van der Waals surface area contributed by atoms with E-state index in [9.17, 15) is 9.90 Å². The van der Waals surface area contributed by atoms with Gasteiger partial charge in [-0.25, -0.2) is 4.98 Å². The summed E-state index contributed by atoms with van der Waals surface area (Å²) in [5.74, 6) is -0.771. The Bertz CT molecular complexity index is 484. The lowest BCUT2D eigenvalue weighted by Crippen LogP contribution is -2.34. The average Bonchev–Trinajstić information content (AvgIpc) is 2.66. The second kappa shape index (κ2) is 6.74. The fourth-order valence-corrected chi connectivity index (χ4v) is 2.65. The number of ether oxygens (including phenoxy) is 1. The highest BCUT2D eigenvalue weighted by Gasteiger charge is 2.30. The summed E-state index contributed by atoms with van der Waals surface area (Å²) >= 11 is 6.05. The van der Waals surface area contributed by atoms with E-state index in [0.717, 1.165) is 25.7 Å². The Hall–Kier alpha value is -1.56. The summed E-state index contributed by atoms with van der Waals surface area (Å²) in [6.07, 6.45) is 5.91. The third-order valence-corrected chi connectivity index (χ3v) is 3.84. The first-order valence-electron chi connectivity index (χ1n) is 6.67. The van der Waals surface area contributed by atoms with Crippen LogP contribution in [0.4, 0.5) is 5.82 Å². The van der Waals surface area contributed by atoms with Crippen molar-refractivity contribution in [3.8, 4) is 6.01 Å². The molecule has 0 aromatic carbocycles. The molecule has 6 nitrogen and oxygen atoms in total. The van der Waals surface area contributed by atoms with Crippen molar-refractivity contribution in [3.05, 3.63) is 11.2 Å². The van der Waals surface area contributed by atoms with E-state index in [1.807, 2.05) is 0 Å². The Kier molecular flexibility index (Phi) is 5.00. The second-order valence-corrected chi connectivity index (χ2v) is 5.29. The van der Waals surface area contributed by atoms with E-state index in [4.69, 9.17) is 16.3 Å². The van der Waals surface area contributed by atoms with E-state index in [-0.39, 0.29) is 12.1 Å². The molecule has 0 amide bonds. The molecule has 0 spiro atoms. The largest absolute Gasteiger partial charge is 0.481 e. The number of rotatable bonds is 4. The molecule has 2 rings (SSSR count). The molecule has 7 heteroatoms. The van der Waals surface area contributed by atoms with E-state index >= 15 is 0 Å². The molecule has 1 saturated carbocycles. The molecule has 20 heavy (non-hydrogen) atoms. The van der Waals surface area contributed by atoms with E-state index in [2.05, 4.69) is 15.3 Å². The van der Waals surface area contributed by atoms with Gasteiger partial charge < -0.3 is 15.2 Å². The van der Waals surface area contributed by atoms with Crippen LogP contribution in [0.25, 0.3) is 0 Å². The zero-order valence-electron chi connectivity index (χ0n) is 11.3. The first-order valence-corrected chi connectivity index (χ1v) is 7.05. The minimum Gasteiger partial charge on any atom is -0.481 e. The third-order valence-electron chi connectivity index (χ3n) is 3.56. The summed E-state index contributed by atoms with van der Waals surface area (Å²) < 4.78 is 4.96. The van der Waals surface area contributed by atoms with Gasteiger partial charge in [-0.3, -0.25) is 4.79 Å². The van der Waals surface area contributed by atoms with E-state index in [1.54, 1.807) is 0 Å². The maximum absolute atomic E-state index is 11.4. The molecule has 2 N–H and O–H groups in total. The number of methoxy groups -OCH3 is 1. The molecule has 0 radical (unpaired) electrons. The lowest BCUT2D eigenvalue weighted by Gasteiger charge is -2.23. The van der Waals surface area contributed by atoms with Crippen molar-refractivity contribution < 1.29 is 14.6 Å². The Morgan fingerprint density at radius 1 is 1.45 bits per heavy atom. The Labute approximate surface area is 122 Å². The minimum atomic E-state index is -0.776. The summed E-state index contributed by atoms with van der Waals surface area (Å²) in [5, 5.41) is 12.9. The number of hydrogen-bond donors (Lipinski definition) is 2. The van der Waals surface area contributed by atoms with Crippen LogP contribution in [-0.4, -0.2) is 34.2 Å². The smallest absolute Gasteiger partial charge is 0.318 e. The molecule has 2 atom stereocenters. The molecule has 1 heterocycles. The quantitative estimate of drug-likeness (QED) is 0.831. The predicted octanol–water partition coefficient (Wildman–Crippen LogP) is 2.58. The van der Waals surface area contributed by atoms with Gasteiger partial charge in [-0.05, 0) is 12.8 Å². The van der Waals surface area contributed by atoms with Crippen LogP contribution in [0.2, 0.25) is 5.02 Å². The van der Waals surface area contributed by atoms with Gasteiger partial charge in [-0.15, -0.1) is 0 Å². The van der Waals surface area contributed by atoms with Crippen molar-refractivity contribution in [2.45, 2.75) is 38.1 Å². The van der Waals surface area contributed by atoms with Gasteiger partial charge >= 0.3 is 12.0 Å². The number of carbonyl (C=O) groups is 1. The van der Waals surface area contributed by atoms with Crippen LogP contribution in [0, 0.1) is 5.92 Å². The van der Waals surface area contributed by atoms with Crippen molar-refractivity contribution in [2.24, 2.45) is 5.92 Å². The zero-order chi connectivity index (χ0) is 14.5. The lowest BCUT2D eigenvalue weighted by molar-refractivity contribution is -0.142. The van der Waals surface area contributed by atoms with Gasteiger partial charge in [0.15, 0.2) is 5.82 Å². The normalized spacial score (nSPS) is 22.9. The molecule has 1 aromatic rings. The maximum Gasteiger partial charge on any atom is 0.318 e. The SMILES string of the molecule is COc1ncc(Cl)c(NC2CCCCCC2C(=O)O)n1. The molecule has 1 fully saturated rings. The molecular weight excluding hydrogens is 282 g/mol. The average molecular weight is 300 g/mol. The Balaban J connectivity index is 2.19. The lowest BCUT2D eigenvalue weighted by atomic mass is 9.95. The van der Waals surface area contributed by atoms with Gasteiger partial charge in [0.2, 0.25) is 0 Å². The molecule has 110 valence electrons. The number of anilines is 1. The molecule has 0 aliphatic heterocycles. The highest BCUT2D eigenvalue weighted by atomic mass is 35.5. The third kappa shape index (κ3) is 3.50. The number of nitrogens with one attached hydrogen (secondary N) is 1. The maximum atomic E-state index is 11.4. The highest BCUT2D eigenvalue weighted by Crippen LogP contribution is 2.29. The number of nitrogens with zero attached hydrogens (tertiary/aromatic N) is 2. The van der Waals surface area contributed by atoms with Crippen molar-refractivity contribution in [2.75, 3.05) is 12.4 Å². The van der Waals surface area contributed by atoms with Crippen molar-refractivity contribution in [3.63, 3.8) is 0 Å². The van der Waals surface area contributed by atoms with Crippen LogP contribution in [0.1, 0.15) is 32.1 Å². The van der Waals surface area contributed by atoms with Gasteiger partial charge in [-0.1, -0.05) is 30.9 Å². The fraction of sp³-hybridized carbons (Fsp3) is 0.615. The predicted molar refractivity (Wildman–Crippen MR) is 75.2 cm³/mol. The van der Waals surface area contributed by atoms with Crippen LogP contribution < -0.4 is 10.1 Å². The number of carboxylic acid groups (broad SMARTS) is 1. The second-order valence-electron chi connectivity index (χ2n) is 4.89.